The highest BCUT2D eigenvalue weighted by Crippen LogP contribution is 2.26. The van der Waals surface area contributed by atoms with E-state index >= 15 is 0 Å². The second kappa shape index (κ2) is 4.44. The molecule has 94 valence electrons. The molecule has 1 N–H and O–H groups in total. The van der Waals surface area contributed by atoms with Crippen molar-refractivity contribution in [2.24, 2.45) is 0 Å². The quantitative estimate of drug-likeness (QED) is 0.775. The molecule has 0 aliphatic rings. The fraction of sp³-hybridized carbons (Fsp3) is 0.0714. The molecule has 1 aromatic carbocycles. The summed E-state index contributed by atoms with van der Waals surface area (Å²) in [4.78, 5) is 19.6. The van der Waals surface area contributed by atoms with Gasteiger partial charge in [-0.2, -0.15) is 0 Å². The molecule has 0 unspecified atom stereocenters. The van der Waals surface area contributed by atoms with Crippen molar-refractivity contribution in [3.8, 4) is 11.3 Å². The molecule has 0 spiro atoms. The van der Waals surface area contributed by atoms with Crippen LogP contribution < -0.4 is 0 Å². The molecule has 0 atom stereocenters. The highest BCUT2D eigenvalue weighted by Gasteiger charge is 2.08. The van der Waals surface area contributed by atoms with E-state index in [0.717, 1.165) is 20.8 Å². The number of hydrogen-bond acceptors (Lipinski definition) is 4. The fourth-order valence-electron chi connectivity index (χ4n) is 1.92. The molecule has 2 heterocycles. The van der Waals surface area contributed by atoms with Gasteiger partial charge in [-0.3, -0.25) is 4.98 Å². The SMILES string of the molecule is Cc1nc2cc(-c3cc(C(=O)O)ccn3)ccc2s1. The molecule has 5 heteroatoms. The minimum absolute atomic E-state index is 0.236. The van der Waals surface area contributed by atoms with Crippen LogP contribution in [0.2, 0.25) is 0 Å². The number of rotatable bonds is 2. The molecule has 19 heavy (non-hydrogen) atoms. The predicted octanol–water partition coefficient (Wildman–Crippen LogP) is 3.36. The van der Waals surface area contributed by atoms with Crippen LogP contribution in [0, 0.1) is 6.92 Å². The third-order valence-corrected chi connectivity index (χ3v) is 3.75. The van der Waals surface area contributed by atoms with E-state index in [1.165, 1.54) is 12.3 Å². The largest absolute Gasteiger partial charge is 0.478 e. The van der Waals surface area contributed by atoms with Gasteiger partial charge in [-0.1, -0.05) is 6.07 Å². The number of thiazole rings is 1. The molecular weight excluding hydrogens is 260 g/mol. The van der Waals surface area contributed by atoms with Crippen LogP contribution in [0.15, 0.2) is 36.5 Å². The molecule has 0 aliphatic carbocycles. The first-order valence-electron chi connectivity index (χ1n) is 5.70. The molecule has 0 fully saturated rings. The van der Waals surface area contributed by atoms with Crippen LogP contribution in [0.3, 0.4) is 0 Å². The molecule has 0 bridgehead atoms. The maximum atomic E-state index is 11.0. The zero-order valence-corrected chi connectivity index (χ0v) is 10.9. The molecular formula is C14H10N2O2S. The Hall–Kier alpha value is -2.27. The van der Waals surface area contributed by atoms with E-state index in [0.29, 0.717) is 5.69 Å². The highest BCUT2D eigenvalue weighted by molar-refractivity contribution is 7.18. The summed E-state index contributed by atoms with van der Waals surface area (Å²) in [6.45, 7) is 1.97. The zero-order chi connectivity index (χ0) is 13.4. The smallest absolute Gasteiger partial charge is 0.335 e. The van der Waals surface area contributed by atoms with Gasteiger partial charge in [0, 0.05) is 11.8 Å². The molecule has 0 amide bonds. The number of aromatic carboxylic acids is 1. The fourth-order valence-corrected chi connectivity index (χ4v) is 2.73. The lowest BCUT2D eigenvalue weighted by molar-refractivity contribution is 0.0697. The average Bonchev–Trinajstić information content (AvgIpc) is 2.77. The van der Waals surface area contributed by atoms with E-state index in [2.05, 4.69) is 9.97 Å². The van der Waals surface area contributed by atoms with Crippen molar-refractivity contribution < 1.29 is 9.90 Å². The maximum Gasteiger partial charge on any atom is 0.335 e. The summed E-state index contributed by atoms with van der Waals surface area (Å²) in [5.74, 6) is -0.950. The van der Waals surface area contributed by atoms with Gasteiger partial charge in [0.05, 0.1) is 26.5 Å². The molecule has 4 nitrogen and oxygen atoms in total. The second-order valence-electron chi connectivity index (χ2n) is 4.15. The second-order valence-corrected chi connectivity index (χ2v) is 5.39. The topological polar surface area (TPSA) is 63.1 Å². The number of aromatic nitrogens is 2. The molecule has 0 saturated carbocycles. The Bertz CT molecular complexity index is 780. The maximum absolute atomic E-state index is 11.0. The Morgan fingerprint density at radius 2 is 2.11 bits per heavy atom. The van der Waals surface area contributed by atoms with Crippen LogP contribution in [0.4, 0.5) is 0 Å². The Morgan fingerprint density at radius 3 is 2.89 bits per heavy atom. The summed E-state index contributed by atoms with van der Waals surface area (Å²) in [7, 11) is 0. The number of pyridine rings is 1. The Kier molecular flexibility index (Phi) is 2.76. The average molecular weight is 270 g/mol. The molecule has 0 saturated heterocycles. The van der Waals surface area contributed by atoms with Gasteiger partial charge in [0.25, 0.3) is 0 Å². The Morgan fingerprint density at radius 1 is 1.26 bits per heavy atom. The number of carboxylic acid groups (broad SMARTS) is 1. The van der Waals surface area contributed by atoms with Gasteiger partial charge in [0.15, 0.2) is 0 Å². The third-order valence-electron chi connectivity index (χ3n) is 2.80. The van der Waals surface area contributed by atoms with Gasteiger partial charge in [0.1, 0.15) is 0 Å². The monoisotopic (exact) mass is 270 g/mol. The van der Waals surface area contributed by atoms with Crippen LogP contribution in [-0.4, -0.2) is 21.0 Å². The van der Waals surface area contributed by atoms with Crippen molar-refractivity contribution in [2.45, 2.75) is 6.92 Å². The summed E-state index contributed by atoms with van der Waals surface area (Å²) >= 11 is 1.64. The van der Waals surface area contributed by atoms with Crippen molar-refractivity contribution in [2.75, 3.05) is 0 Å². The van der Waals surface area contributed by atoms with Gasteiger partial charge < -0.3 is 5.11 Å². The summed E-state index contributed by atoms with van der Waals surface area (Å²) in [6, 6.07) is 8.92. The van der Waals surface area contributed by atoms with Gasteiger partial charge in [-0.25, -0.2) is 9.78 Å². The van der Waals surface area contributed by atoms with Crippen molar-refractivity contribution >= 4 is 27.5 Å². The third kappa shape index (κ3) is 2.20. The van der Waals surface area contributed by atoms with E-state index in [4.69, 9.17) is 5.11 Å². The first-order chi connectivity index (χ1) is 9.13. The van der Waals surface area contributed by atoms with Gasteiger partial charge in [0.2, 0.25) is 0 Å². The molecule has 3 aromatic rings. The van der Waals surface area contributed by atoms with E-state index < -0.39 is 5.97 Å². The molecule has 0 radical (unpaired) electrons. The molecule has 3 rings (SSSR count). The molecule has 0 aliphatic heterocycles. The minimum Gasteiger partial charge on any atom is -0.478 e. The van der Waals surface area contributed by atoms with E-state index in [1.54, 1.807) is 17.4 Å². The number of carbonyl (C=O) groups is 1. The van der Waals surface area contributed by atoms with Crippen LogP contribution in [0.1, 0.15) is 15.4 Å². The summed E-state index contributed by atoms with van der Waals surface area (Å²) < 4.78 is 1.12. The number of carboxylic acids is 1. The number of nitrogens with zero attached hydrogens (tertiary/aromatic N) is 2. The zero-order valence-electron chi connectivity index (χ0n) is 10.1. The first-order valence-corrected chi connectivity index (χ1v) is 6.52. The van der Waals surface area contributed by atoms with E-state index in [1.807, 2.05) is 25.1 Å². The number of benzene rings is 1. The van der Waals surface area contributed by atoms with E-state index in [-0.39, 0.29) is 5.56 Å². The number of fused-ring (bicyclic) bond motifs is 1. The normalized spacial score (nSPS) is 10.8. The van der Waals surface area contributed by atoms with Crippen molar-refractivity contribution in [3.05, 3.63) is 47.1 Å². The summed E-state index contributed by atoms with van der Waals surface area (Å²) in [5.41, 5.74) is 2.68. The van der Waals surface area contributed by atoms with Crippen LogP contribution >= 0.6 is 11.3 Å². The van der Waals surface area contributed by atoms with Gasteiger partial charge in [-0.05, 0) is 31.2 Å². The Labute approximate surface area is 113 Å². The Balaban J connectivity index is 2.12. The van der Waals surface area contributed by atoms with Crippen molar-refractivity contribution in [3.63, 3.8) is 0 Å². The number of hydrogen-bond donors (Lipinski definition) is 1. The molecule has 2 aromatic heterocycles. The lowest BCUT2D eigenvalue weighted by Crippen LogP contribution is -1.97. The number of aryl methyl sites for hydroxylation is 1. The van der Waals surface area contributed by atoms with Gasteiger partial charge >= 0.3 is 5.97 Å². The van der Waals surface area contributed by atoms with Crippen molar-refractivity contribution in [1.29, 1.82) is 0 Å². The lowest BCUT2D eigenvalue weighted by atomic mass is 10.1. The van der Waals surface area contributed by atoms with Crippen LogP contribution in [-0.2, 0) is 0 Å². The van der Waals surface area contributed by atoms with Crippen molar-refractivity contribution in [1.82, 2.24) is 9.97 Å². The summed E-state index contributed by atoms with van der Waals surface area (Å²) in [5, 5.41) is 10.0. The van der Waals surface area contributed by atoms with Gasteiger partial charge in [-0.15, -0.1) is 11.3 Å². The summed E-state index contributed by atoms with van der Waals surface area (Å²) in [6.07, 6.45) is 1.51. The lowest BCUT2D eigenvalue weighted by Gasteiger charge is -2.02. The standard InChI is InChI=1S/C14H10N2O2S/c1-8-16-12-6-9(2-3-13(12)19-8)11-7-10(14(17)18)4-5-15-11/h2-7H,1H3,(H,17,18). The predicted molar refractivity (Wildman–Crippen MR) is 74.5 cm³/mol. The first kappa shape index (κ1) is 11.8. The van der Waals surface area contributed by atoms with E-state index in [9.17, 15) is 4.79 Å². The highest BCUT2D eigenvalue weighted by atomic mass is 32.1. The van der Waals surface area contributed by atoms with Crippen LogP contribution in [0.25, 0.3) is 21.5 Å². The van der Waals surface area contributed by atoms with Crippen LogP contribution in [0.5, 0.6) is 0 Å². The minimum atomic E-state index is -0.950.